The van der Waals surface area contributed by atoms with Gasteiger partial charge in [0.2, 0.25) is 5.95 Å². The highest BCUT2D eigenvalue weighted by Gasteiger charge is 2.39. The monoisotopic (exact) mass is 419 g/mol. The Bertz CT molecular complexity index is 1070. The molecule has 0 unspecified atom stereocenters. The Kier molecular flexibility index (Phi) is 4.82. The Morgan fingerprint density at radius 1 is 1.04 bits per heavy atom. The van der Waals surface area contributed by atoms with Gasteiger partial charge in [-0.2, -0.15) is 26.3 Å². The summed E-state index contributed by atoms with van der Waals surface area (Å²) in [7, 11) is 1.45. The standard InChI is InChI=1S/C17H11F6N3OS/c1-7(27)12-6-10-13(25-15(24-2)26-14(10)28-12)9-4-3-8(16(18,19)20)5-11(9)17(21,22)23/h3-6H,1-2H3,(H,24,25,26). The van der Waals surface area contributed by atoms with Crippen molar-refractivity contribution in [3.63, 3.8) is 0 Å². The third-order valence-corrected chi connectivity index (χ3v) is 5.00. The summed E-state index contributed by atoms with van der Waals surface area (Å²) in [6.45, 7) is 1.29. The van der Waals surface area contributed by atoms with E-state index in [1.807, 2.05) is 0 Å². The summed E-state index contributed by atoms with van der Waals surface area (Å²) in [6.07, 6.45) is -9.98. The van der Waals surface area contributed by atoms with Crippen LogP contribution in [0.5, 0.6) is 0 Å². The van der Waals surface area contributed by atoms with Crippen LogP contribution in [0.3, 0.4) is 0 Å². The number of aromatic nitrogens is 2. The first kappa shape index (κ1) is 20.1. The van der Waals surface area contributed by atoms with E-state index in [-0.39, 0.29) is 38.6 Å². The molecule has 1 aromatic carbocycles. The first-order chi connectivity index (χ1) is 12.9. The molecule has 0 aliphatic carbocycles. The van der Waals surface area contributed by atoms with E-state index in [0.29, 0.717) is 6.07 Å². The van der Waals surface area contributed by atoms with Gasteiger partial charge in [-0.3, -0.25) is 4.79 Å². The lowest BCUT2D eigenvalue weighted by atomic mass is 9.98. The Morgan fingerprint density at radius 2 is 1.71 bits per heavy atom. The maximum absolute atomic E-state index is 13.5. The van der Waals surface area contributed by atoms with E-state index in [4.69, 9.17) is 0 Å². The van der Waals surface area contributed by atoms with Gasteiger partial charge in [-0.05, 0) is 25.1 Å². The Balaban J connectivity index is 2.36. The lowest BCUT2D eigenvalue weighted by Gasteiger charge is -2.16. The lowest BCUT2D eigenvalue weighted by Crippen LogP contribution is -2.12. The summed E-state index contributed by atoms with van der Waals surface area (Å²) >= 11 is 0.963. The zero-order valence-electron chi connectivity index (χ0n) is 14.3. The van der Waals surface area contributed by atoms with E-state index in [2.05, 4.69) is 15.3 Å². The van der Waals surface area contributed by atoms with E-state index in [9.17, 15) is 31.1 Å². The number of hydrogen-bond acceptors (Lipinski definition) is 5. The van der Waals surface area contributed by atoms with Gasteiger partial charge in [0.15, 0.2) is 5.78 Å². The van der Waals surface area contributed by atoms with Crippen LogP contribution in [-0.2, 0) is 12.4 Å². The van der Waals surface area contributed by atoms with E-state index < -0.39 is 29.0 Å². The Morgan fingerprint density at radius 3 is 2.25 bits per heavy atom. The molecule has 0 amide bonds. The van der Waals surface area contributed by atoms with Gasteiger partial charge in [0.1, 0.15) is 4.83 Å². The third-order valence-electron chi connectivity index (χ3n) is 3.87. The Labute approximate surface area is 158 Å². The quantitative estimate of drug-likeness (QED) is 0.441. The summed E-state index contributed by atoms with van der Waals surface area (Å²) < 4.78 is 79.4. The van der Waals surface area contributed by atoms with Crippen molar-refractivity contribution in [2.75, 3.05) is 12.4 Å². The van der Waals surface area contributed by atoms with Crippen LogP contribution in [0.25, 0.3) is 21.5 Å². The number of ketones is 1. The molecule has 0 saturated carbocycles. The van der Waals surface area contributed by atoms with Crippen molar-refractivity contribution in [3.8, 4) is 11.3 Å². The average Bonchev–Trinajstić information content (AvgIpc) is 3.03. The topological polar surface area (TPSA) is 54.9 Å². The first-order valence-electron chi connectivity index (χ1n) is 7.71. The fourth-order valence-corrected chi connectivity index (χ4v) is 3.50. The smallest absolute Gasteiger partial charge is 0.357 e. The molecule has 2 heterocycles. The van der Waals surface area contributed by atoms with Crippen LogP contribution < -0.4 is 5.32 Å². The number of halogens is 6. The van der Waals surface area contributed by atoms with Gasteiger partial charge in [0.05, 0.1) is 21.7 Å². The molecular formula is C17H11F6N3OS. The maximum Gasteiger partial charge on any atom is 0.417 e. The highest BCUT2D eigenvalue weighted by Crippen LogP contribution is 2.43. The zero-order chi connectivity index (χ0) is 20.9. The van der Waals surface area contributed by atoms with Crippen molar-refractivity contribution in [3.05, 3.63) is 40.3 Å². The molecule has 4 nitrogen and oxygen atoms in total. The second-order valence-corrected chi connectivity index (χ2v) is 6.82. The number of fused-ring (bicyclic) bond motifs is 1. The number of benzene rings is 1. The molecule has 0 bridgehead atoms. The summed E-state index contributed by atoms with van der Waals surface area (Å²) in [6, 6.07) is 2.70. The van der Waals surface area contributed by atoms with Crippen LogP contribution in [0.2, 0.25) is 0 Å². The molecule has 0 aliphatic heterocycles. The van der Waals surface area contributed by atoms with E-state index >= 15 is 0 Å². The predicted octanol–water partition coefficient (Wildman–Crippen LogP) is 5.64. The lowest BCUT2D eigenvalue weighted by molar-refractivity contribution is -0.142. The average molecular weight is 419 g/mol. The molecule has 2 aromatic heterocycles. The number of nitrogens with zero attached hydrogens (tertiary/aromatic N) is 2. The SMILES string of the molecule is CNc1nc(-c2ccc(C(F)(F)F)cc2C(F)(F)F)c2cc(C(C)=O)sc2n1. The summed E-state index contributed by atoms with van der Waals surface area (Å²) in [5.74, 6) is -0.337. The van der Waals surface area contributed by atoms with Crippen LogP contribution in [-0.4, -0.2) is 22.8 Å². The molecule has 0 atom stereocenters. The van der Waals surface area contributed by atoms with Crippen molar-refractivity contribution in [2.45, 2.75) is 19.3 Å². The molecule has 3 rings (SSSR count). The van der Waals surface area contributed by atoms with Gasteiger partial charge in [-0.25, -0.2) is 9.97 Å². The van der Waals surface area contributed by atoms with Crippen LogP contribution in [0.1, 0.15) is 27.7 Å². The molecule has 0 aliphatic rings. The van der Waals surface area contributed by atoms with Crippen molar-refractivity contribution in [1.82, 2.24) is 9.97 Å². The third kappa shape index (κ3) is 3.66. The van der Waals surface area contributed by atoms with Crippen LogP contribution in [0.15, 0.2) is 24.3 Å². The van der Waals surface area contributed by atoms with Gasteiger partial charge in [-0.1, -0.05) is 6.07 Å². The van der Waals surface area contributed by atoms with Crippen molar-refractivity contribution in [2.24, 2.45) is 0 Å². The van der Waals surface area contributed by atoms with Crippen LogP contribution in [0.4, 0.5) is 32.3 Å². The summed E-state index contributed by atoms with van der Waals surface area (Å²) in [4.78, 5) is 20.3. The highest BCUT2D eigenvalue weighted by molar-refractivity contribution is 7.20. The molecule has 28 heavy (non-hydrogen) atoms. The number of carbonyl (C=O) groups excluding carboxylic acids is 1. The maximum atomic E-state index is 13.5. The van der Waals surface area contributed by atoms with Gasteiger partial charge < -0.3 is 5.32 Å². The number of hydrogen-bond donors (Lipinski definition) is 1. The number of nitrogens with one attached hydrogen (secondary N) is 1. The minimum Gasteiger partial charge on any atom is -0.357 e. The largest absolute Gasteiger partial charge is 0.417 e. The van der Waals surface area contributed by atoms with Crippen molar-refractivity contribution < 1.29 is 31.1 Å². The summed E-state index contributed by atoms with van der Waals surface area (Å²) in [5, 5.41) is 2.75. The second kappa shape index (κ2) is 6.73. The molecule has 0 fully saturated rings. The minimum absolute atomic E-state index is 0.0209. The number of thiophene rings is 1. The molecule has 1 N–H and O–H groups in total. The van der Waals surface area contributed by atoms with Gasteiger partial charge in [-0.15, -0.1) is 11.3 Å². The fraction of sp³-hybridized carbons (Fsp3) is 0.235. The summed E-state index contributed by atoms with van der Waals surface area (Å²) in [5.41, 5.74) is -3.63. The van der Waals surface area contributed by atoms with Crippen molar-refractivity contribution >= 4 is 33.3 Å². The first-order valence-corrected chi connectivity index (χ1v) is 8.52. The molecule has 0 spiro atoms. The van der Waals surface area contributed by atoms with Crippen molar-refractivity contribution in [1.29, 1.82) is 0 Å². The molecule has 148 valence electrons. The van der Waals surface area contributed by atoms with Gasteiger partial charge in [0, 0.05) is 18.0 Å². The molecular weight excluding hydrogens is 408 g/mol. The normalized spacial score (nSPS) is 12.4. The van der Waals surface area contributed by atoms with E-state index in [1.165, 1.54) is 20.0 Å². The number of rotatable bonds is 3. The number of Topliss-reactive ketones (excluding diaryl/α,β-unsaturated/α-hetero) is 1. The van der Waals surface area contributed by atoms with Crippen LogP contribution >= 0.6 is 11.3 Å². The number of anilines is 1. The number of carbonyl (C=O) groups is 1. The minimum atomic E-state index is -5.05. The van der Waals surface area contributed by atoms with Gasteiger partial charge >= 0.3 is 12.4 Å². The highest BCUT2D eigenvalue weighted by atomic mass is 32.1. The van der Waals surface area contributed by atoms with E-state index in [0.717, 1.165) is 17.4 Å². The van der Waals surface area contributed by atoms with Crippen LogP contribution in [0, 0.1) is 0 Å². The predicted molar refractivity (Wildman–Crippen MR) is 92.4 cm³/mol. The Hall–Kier alpha value is -2.69. The molecule has 11 heteroatoms. The van der Waals surface area contributed by atoms with Gasteiger partial charge in [0.25, 0.3) is 0 Å². The number of alkyl halides is 6. The molecule has 0 saturated heterocycles. The zero-order valence-corrected chi connectivity index (χ0v) is 15.1. The fourth-order valence-electron chi connectivity index (χ4n) is 2.57. The van der Waals surface area contributed by atoms with E-state index in [1.54, 1.807) is 0 Å². The molecule has 0 radical (unpaired) electrons. The second-order valence-electron chi connectivity index (χ2n) is 5.79. The molecule has 3 aromatic rings.